The number of benzene rings is 1. The summed E-state index contributed by atoms with van der Waals surface area (Å²) >= 11 is 0.878. The van der Waals surface area contributed by atoms with Crippen LogP contribution in [0.1, 0.15) is 41.5 Å². The van der Waals surface area contributed by atoms with Crippen molar-refractivity contribution in [2.75, 3.05) is 20.0 Å². The maximum atomic E-state index is 12.2. The Morgan fingerprint density at radius 3 is 2.16 bits per heavy atom. The highest BCUT2D eigenvalue weighted by Gasteiger charge is 2.28. The quantitative estimate of drug-likeness (QED) is 0.643. The number of anilines is 1. The molecule has 1 aromatic heterocycles. The predicted molar refractivity (Wildman–Crippen MR) is 91.7 cm³/mol. The van der Waals surface area contributed by atoms with Crippen molar-refractivity contribution >= 4 is 34.2 Å². The highest BCUT2D eigenvalue weighted by atomic mass is 32.1. The lowest BCUT2D eigenvalue weighted by atomic mass is 10.1. The van der Waals surface area contributed by atoms with Crippen molar-refractivity contribution in [2.45, 2.75) is 13.5 Å². The number of ether oxygens (including phenoxy) is 3. The van der Waals surface area contributed by atoms with Crippen LogP contribution in [0.5, 0.6) is 0 Å². The number of methoxy groups -OCH3 is 2. The number of hydrogen-bond donors (Lipinski definition) is 1. The third kappa shape index (κ3) is 3.97. The van der Waals surface area contributed by atoms with E-state index in [0.717, 1.165) is 16.9 Å². The lowest BCUT2D eigenvalue weighted by molar-refractivity contribution is 0.0452. The number of aryl methyl sites for hydroxylation is 1. The first kappa shape index (κ1) is 18.5. The number of carbonyl (C=O) groups is 3. The molecule has 2 N–H and O–H groups in total. The smallest absolute Gasteiger partial charge is 0.348 e. The van der Waals surface area contributed by atoms with Crippen LogP contribution < -0.4 is 5.73 Å². The molecule has 0 aliphatic carbocycles. The number of carbonyl (C=O) groups excluding carboxylic acids is 3. The van der Waals surface area contributed by atoms with E-state index in [0.29, 0.717) is 5.56 Å². The lowest BCUT2D eigenvalue weighted by Crippen LogP contribution is -2.12. The number of thiophene rings is 1. The topological polar surface area (TPSA) is 105 Å². The first-order valence-corrected chi connectivity index (χ1v) is 8.02. The Hall–Kier alpha value is -2.87. The maximum absolute atomic E-state index is 12.2. The molecule has 7 nitrogen and oxygen atoms in total. The van der Waals surface area contributed by atoms with Gasteiger partial charge in [0.2, 0.25) is 0 Å². The molecule has 1 aromatic carbocycles. The predicted octanol–water partition coefficient (Wildman–Crippen LogP) is 2.57. The van der Waals surface area contributed by atoms with E-state index in [9.17, 15) is 14.4 Å². The van der Waals surface area contributed by atoms with Gasteiger partial charge in [-0.3, -0.25) is 0 Å². The average Bonchev–Trinajstić information content (AvgIpc) is 2.95. The van der Waals surface area contributed by atoms with Gasteiger partial charge in [-0.1, -0.05) is 17.7 Å². The Bertz CT molecular complexity index is 809. The zero-order valence-electron chi connectivity index (χ0n) is 14.0. The minimum absolute atomic E-state index is 0.00426. The molecule has 0 saturated carbocycles. The van der Waals surface area contributed by atoms with Crippen molar-refractivity contribution < 1.29 is 28.6 Å². The molecule has 132 valence electrons. The van der Waals surface area contributed by atoms with Crippen molar-refractivity contribution in [1.82, 2.24) is 0 Å². The molecule has 25 heavy (non-hydrogen) atoms. The molecular weight excluding hydrogens is 346 g/mol. The van der Waals surface area contributed by atoms with Gasteiger partial charge in [-0.25, -0.2) is 14.4 Å². The summed E-state index contributed by atoms with van der Waals surface area (Å²) in [5.74, 6) is -1.98. The van der Waals surface area contributed by atoms with Gasteiger partial charge in [0.25, 0.3) is 0 Å². The van der Waals surface area contributed by atoms with Gasteiger partial charge in [-0.15, -0.1) is 11.3 Å². The van der Waals surface area contributed by atoms with E-state index in [4.69, 9.17) is 10.5 Å². The molecule has 0 radical (unpaired) electrons. The molecule has 0 fully saturated rings. The summed E-state index contributed by atoms with van der Waals surface area (Å²) in [6, 6.07) is 6.81. The van der Waals surface area contributed by atoms with Gasteiger partial charge in [0, 0.05) is 5.56 Å². The molecule has 1 heterocycles. The third-order valence-corrected chi connectivity index (χ3v) is 4.47. The second-order valence-electron chi connectivity index (χ2n) is 5.07. The summed E-state index contributed by atoms with van der Waals surface area (Å²) in [6.07, 6.45) is 0. The van der Waals surface area contributed by atoms with Crippen LogP contribution in [-0.4, -0.2) is 32.1 Å². The van der Waals surface area contributed by atoms with Crippen LogP contribution >= 0.6 is 11.3 Å². The molecule has 0 spiro atoms. The van der Waals surface area contributed by atoms with E-state index in [-0.39, 0.29) is 27.6 Å². The first-order chi connectivity index (χ1) is 11.9. The minimum atomic E-state index is -0.717. The Balaban J connectivity index is 2.30. The minimum Gasteiger partial charge on any atom is -0.465 e. The molecule has 0 atom stereocenters. The van der Waals surface area contributed by atoms with Gasteiger partial charge in [0.05, 0.1) is 19.8 Å². The van der Waals surface area contributed by atoms with E-state index >= 15 is 0 Å². The van der Waals surface area contributed by atoms with Gasteiger partial charge >= 0.3 is 17.9 Å². The summed E-state index contributed by atoms with van der Waals surface area (Å²) in [7, 11) is 2.40. The van der Waals surface area contributed by atoms with Crippen LogP contribution in [0.15, 0.2) is 24.3 Å². The Morgan fingerprint density at radius 1 is 1.00 bits per heavy atom. The van der Waals surface area contributed by atoms with Crippen LogP contribution in [0.25, 0.3) is 0 Å². The molecule has 0 bridgehead atoms. The SMILES string of the molecule is COC(=O)c1sc(N)c(C(=O)OC)c1COC(=O)c1ccc(C)cc1. The fourth-order valence-electron chi connectivity index (χ4n) is 2.12. The summed E-state index contributed by atoms with van der Waals surface area (Å²) in [5.41, 5.74) is 7.34. The van der Waals surface area contributed by atoms with Crippen LogP contribution in [-0.2, 0) is 20.8 Å². The molecule has 0 aliphatic heterocycles. The van der Waals surface area contributed by atoms with E-state index < -0.39 is 17.9 Å². The highest BCUT2D eigenvalue weighted by Crippen LogP contribution is 2.33. The van der Waals surface area contributed by atoms with Crippen molar-refractivity contribution in [3.8, 4) is 0 Å². The maximum Gasteiger partial charge on any atom is 0.348 e. The van der Waals surface area contributed by atoms with Crippen molar-refractivity contribution in [1.29, 1.82) is 0 Å². The third-order valence-electron chi connectivity index (χ3n) is 3.43. The Labute approximate surface area is 148 Å². The number of rotatable bonds is 5. The molecule has 8 heteroatoms. The molecule has 2 aromatic rings. The van der Waals surface area contributed by atoms with E-state index in [1.807, 2.05) is 6.92 Å². The van der Waals surface area contributed by atoms with Crippen molar-refractivity contribution in [3.63, 3.8) is 0 Å². The number of nitrogen functional groups attached to an aromatic ring is 1. The molecule has 2 rings (SSSR count). The fourth-order valence-corrected chi connectivity index (χ4v) is 3.10. The molecule has 0 unspecified atom stereocenters. The van der Waals surface area contributed by atoms with Gasteiger partial charge in [0.1, 0.15) is 22.0 Å². The average molecular weight is 363 g/mol. The second kappa shape index (κ2) is 7.80. The fraction of sp³-hybridized carbons (Fsp3) is 0.235. The van der Waals surface area contributed by atoms with E-state index in [2.05, 4.69) is 9.47 Å². The Kier molecular flexibility index (Phi) is 5.76. The molecule has 0 saturated heterocycles. The Morgan fingerprint density at radius 2 is 1.60 bits per heavy atom. The van der Waals surface area contributed by atoms with E-state index in [1.54, 1.807) is 24.3 Å². The standard InChI is InChI=1S/C17H17NO6S/c1-9-4-6-10(7-5-9)15(19)24-8-11-12(16(20)22-2)14(18)25-13(11)17(21)23-3/h4-7H,8,18H2,1-3H3. The first-order valence-electron chi connectivity index (χ1n) is 7.20. The molecule has 0 amide bonds. The van der Waals surface area contributed by atoms with Crippen LogP contribution in [0.3, 0.4) is 0 Å². The summed E-state index contributed by atoms with van der Waals surface area (Å²) in [6.45, 7) is 1.59. The van der Waals surface area contributed by atoms with Crippen molar-refractivity contribution in [3.05, 3.63) is 51.4 Å². The summed E-state index contributed by atoms with van der Waals surface area (Å²) in [4.78, 5) is 36.1. The normalized spacial score (nSPS) is 10.2. The number of esters is 3. The zero-order chi connectivity index (χ0) is 18.6. The number of hydrogen-bond acceptors (Lipinski definition) is 8. The number of nitrogens with two attached hydrogens (primary N) is 1. The zero-order valence-corrected chi connectivity index (χ0v) is 14.8. The van der Waals surface area contributed by atoms with E-state index in [1.165, 1.54) is 14.2 Å². The van der Waals surface area contributed by atoms with Gasteiger partial charge in [-0.05, 0) is 19.1 Å². The summed E-state index contributed by atoms with van der Waals surface area (Å²) < 4.78 is 14.6. The van der Waals surface area contributed by atoms with Crippen molar-refractivity contribution in [2.24, 2.45) is 0 Å². The molecular formula is C17H17NO6S. The largest absolute Gasteiger partial charge is 0.465 e. The monoisotopic (exact) mass is 363 g/mol. The lowest BCUT2D eigenvalue weighted by Gasteiger charge is -2.08. The molecule has 0 aliphatic rings. The van der Waals surface area contributed by atoms with Crippen LogP contribution in [0.4, 0.5) is 5.00 Å². The van der Waals surface area contributed by atoms with Crippen LogP contribution in [0, 0.1) is 6.92 Å². The second-order valence-corrected chi connectivity index (χ2v) is 6.13. The summed E-state index contributed by atoms with van der Waals surface area (Å²) in [5, 5.41) is 0.0913. The van der Waals surface area contributed by atoms with Crippen LogP contribution in [0.2, 0.25) is 0 Å². The van der Waals surface area contributed by atoms with Gasteiger partial charge < -0.3 is 19.9 Å². The highest BCUT2D eigenvalue weighted by molar-refractivity contribution is 7.18. The van der Waals surface area contributed by atoms with Gasteiger partial charge in [-0.2, -0.15) is 0 Å². The van der Waals surface area contributed by atoms with Gasteiger partial charge in [0.15, 0.2) is 0 Å².